The lowest BCUT2D eigenvalue weighted by atomic mass is 10.2. The van der Waals surface area contributed by atoms with Crippen molar-refractivity contribution in [2.24, 2.45) is 0 Å². The Balaban J connectivity index is 2.01. The van der Waals surface area contributed by atoms with Crippen molar-refractivity contribution in [1.29, 1.82) is 0 Å². The summed E-state index contributed by atoms with van der Waals surface area (Å²) in [6.07, 6.45) is 0.744. The summed E-state index contributed by atoms with van der Waals surface area (Å²) in [6, 6.07) is 13.1. The first-order chi connectivity index (χ1) is 9.19. The van der Waals surface area contributed by atoms with E-state index >= 15 is 0 Å². The van der Waals surface area contributed by atoms with Gasteiger partial charge in [0.2, 0.25) is 0 Å². The molecule has 2 aromatic rings. The Morgan fingerprint density at radius 3 is 2.32 bits per heavy atom. The van der Waals surface area contributed by atoms with Crippen LogP contribution in [0, 0.1) is 0 Å². The molecule has 0 unspecified atom stereocenters. The summed E-state index contributed by atoms with van der Waals surface area (Å²) >= 11 is 5.93. The number of benzene rings is 2. The molecule has 0 aliphatic heterocycles. The molecule has 0 atom stereocenters. The fourth-order valence-corrected chi connectivity index (χ4v) is 1.68. The monoisotopic (exact) mass is 274 g/mol. The van der Waals surface area contributed by atoms with Gasteiger partial charge >= 0.3 is 6.03 Å². The second-order valence-electron chi connectivity index (χ2n) is 3.80. The van der Waals surface area contributed by atoms with Crippen LogP contribution >= 0.6 is 11.6 Å². The maximum atomic E-state index is 11.7. The minimum absolute atomic E-state index is 0.396. The number of amides is 2. The molecule has 4 nitrogen and oxygen atoms in total. The number of hydrogen-bond acceptors (Lipinski definition) is 2. The highest BCUT2D eigenvalue weighted by Crippen LogP contribution is 2.20. The van der Waals surface area contributed by atoms with Crippen LogP contribution in [0.5, 0.6) is 0 Å². The molecular weight excluding hydrogens is 264 g/mol. The average molecular weight is 275 g/mol. The Hall–Kier alpha value is -2.33. The fourth-order valence-electron chi connectivity index (χ4n) is 1.49. The van der Waals surface area contributed by atoms with E-state index in [0.717, 1.165) is 6.29 Å². The number of rotatable bonds is 3. The summed E-state index contributed by atoms with van der Waals surface area (Å²) in [4.78, 5) is 22.2. The third-order valence-electron chi connectivity index (χ3n) is 2.43. The van der Waals surface area contributed by atoms with Crippen molar-refractivity contribution < 1.29 is 9.59 Å². The third kappa shape index (κ3) is 3.56. The molecule has 2 rings (SSSR count). The molecule has 2 amide bonds. The van der Waals surface area contributed by atoms with Gasteiger partial charge in [-0.05, 0) is 36.4 Å². The lowest BCUT2D eigenvalue weighted by Gasteiger charge is -2.08. The van der Waals surface area contributed by atoms with E-state index in [9.17, 15) is 9.59 Å². The zero-order valence-corrected chi connectivity index (χ0v) is 10.6. The average Bonchev–Trinajstić information content (AvgIpc) is 2.42. The molecule has 0 saturated heterocycles. The number of anilines is 2. The van der Waals surface area contributed by atoms with Crippen LogP contribution in [0.15, 0.2) is 48.5 Å². The van der Waals surface area contributed by atoms with Crippen molar-refractivity contribution in [2.45, 2.75) is 0 Å². The van der Waals surface area contributed by atoms with Gasteiger partial charge in [-0.15, -0.1) is 0 Å². The molecule has 19 heavy (non-hydrogen) atoms. The molecule has 0 aromatic heterocycles. The van der Waals surface area contributed by atoms with Gasteiger partial charge in [0.15, 0.2) is 0 Å². The van der Waals surface area contributed by atoms with E-state index in [1.165, 1.54) is 0 Å². The highest BCUT2D eigenvalue weighted by Gasteiger charge is 2.05. The molecule has 2 aromatic carbocycles. The molecule has 0 saturated carbocycles. The van der Waals surface area contributed by atoms with Crippen LogP contribution < -0.4 is 10.6 Å². The van der Waals surface area contributed by atoms with Crippen molar-refractivity contribution in [3.05, 3.63) is 59.1 Å². The molecule has 0 bridgehead atoms. The predicted octanol–water partition coefficient (Wildman–Crippen LogP) is 3.80. The van der Waals surface area contributed by atoms with Crippen molar-refractivity contribution in [1.82, 2.24) is 0 Å². The quantitative estimate of drug-likeness (QED) is 0.837. The van der Waals surface area contributed by atoms with E-state index in [1.807, 2.05) is 0 Å². The maximum absolute atomic E-state index is 11.7. The molecule has 0 aliphatic carbocycles. The third-order valence-corrected chi connectivity index (χ3v) is 2.76. The minimum atomic E-state index is -0.396. The number of nitrogens with one attached hydrogen (secondary N) is 2. The van der Waals surface area contributed by atoms with Crippen LogP contribution in [0.3, 0.4) is 0 Å². The zero-order valence-electron chi connectivity index (χ0n) is 9.89. The van der Waals surface area contributed by atoms with E-state index in [0.29, 0.717) is 22.0 Å². The number of aldehydes is 1. The van der Waals surface area contributed by atoms with Crippen LogP contribution in [0.2, 0.25) is 5.02 Å². The van der Waals surface area contributed by atoms with Crippen molar-refractivity contribution in [2.75, 3.05) is 10.6 Å². The second-order valence-corrected chi connectivity index (χ2v) is 4.21. The zero-order chi connectivity index (χ0) is 13.7. The van der Waals surface area contributed by atoms with E-state index in [2.05, 4.69) is 10.6 Å². The molecule has 0 aliphatic rings. The number of carbonyl (C=O) groups excluding carboxylic acids is 2. The minimum Gasteiger partial charge on any atom is -0.308 e. The first kappa shape index (κ1) is 13.1. The summed E-state index contributed by atoms with van der Waals surface area (Å²) in [5.74, 6) is 0. The summed E-state index contributed by atoms with van der Waals surface area (Å²) in [7, 11) is 0. The largest absolute Gasteiger partial charge is 0.323 e. The van der Waals surface area contributed by atoms with Crippen LogP contribution in [0.4, 0.5) is 16.2 Å². The predicted molar refractivity (Wildman–Crippen MR) is 75.9 cm³/mol. The van der Waals surface area contributed by atoms with Gasteiger partial charge in [0.25, 0.3) is 0 Å². The molecule has 0 fully saturated rings. The first-order valence-electron chi connectivity index (χ1n) is 5.57. The highest BCUT2D eigenvalue weighted by molar-refractivity contribution is 6.33. The van der Waals surface area contributed by atoms with Gasteiger partial charge in [-0.1, -0.05) is 23.7 Å². The van der Waals surface area contributed by atoms with Gasteiger partial charge in [0.05, 0.1) is 10.7 Å². The summed E-state index contributed by atoms with van der Waals surface area (Å²) in [6.45, 7) is 0. The van der Waals surface area contributed by atoms with Crippen LogP contribution in [0.1, 0.15) is 10.4 Å². The Bertz CT molecular complexity index is 597. The summed E-state index contributed by atoms with van der Waals surface area (Å²) < 4.78 is 0. The molecule has 0 spiro atoms. The molecule has 5 heteroatoms. The van der Waals surface area contributed by atoms with E-state index in [4.69, 9.17) is 11.6 Å². The summed E-state index contributed by atoms with van der Waals surface area (Å²) in [5, 5.41) is 5.75. The topological polar surface area (TPSA) is 58.2 Å². The Morgan fingerprint density at radius 1 is 1.00 bits per heavy atom. The van der Waals surface area contributed by atoms with Crippen LogP contribution in [-0.2, 0) is 0 Å². The van der Waals surface area contributed by atoms with E-state index in [-0.39, 0.29) is 0 Å². The number of para-hydroxylation sites is 1. The maximum Gasteiger partial charge on any atom is 0.323 e. The lowest BCUT2D eigenvalue weighted by molar-refractivity contribution is 0.112. The highest BCUT2D eigenvalue weighted by atomic mass is 35.5. The van der Waals surface area contributed by atoms with E-state index < -0.39 is 6.03 Å². The van der Waals surface area contributed by atoms with Gasteiger partial charge in [0.1, 0.15) is 6.29 Å². The van der Waals surface area contributed by atoms with Crippen molar-refractivity contribution in [3.63, 3.8) is 0 Å². The molecule has 96 valence electrons. The van der Waals surface area contributed by atoms with Crippen molar-refractivity contribution in [3.8, 4) is 0 Å². The Morgan fingerprint density at radius 2 is 1.68 bits per heavy atom. The Labute approximate surface area is 115 Å². The van der Waals surface area contributed by atoms with Gasteiger partial charge in [0, 0.05) is 11.3 Å². The van der Waals surface area contributed by atoms with E-state index in [1.54, 1.807) is 48.5 Å². The molecule has 2 N–H and O–H groups in total. The van der Waals surface area contributed by atoms with Gasteiger partial charge in [-0.3, -0.25) is 4.79 Å². The SMILES string of the molecule is O=Cc1ccc(NC(=O)Nc2ccccc2Cl)cc1. The number of halogens is 1. The normalized spacial score (nSPS) is 9.74. The van der Waals surface area contributed by atoms with Crippen LogP contribution in [0.25, 0.3) is 0 Å². The standard InChI is InChI=1S/C14H11ClN2O2/c15-12-3-1-2-4-13(12)17-14(19)16-11-7-5-10(9-18)6-8-11/h1-9H,(H2,16,17,19). The molecule has 0 heterocycles. The number of hydrogen-bond donors (Lipinski definition) is 2. The summed E-state index contributed by atoms with van der Waals surface area (Å²) in [5.41, 5.74) is 1.68. The van der Waals surface area contributed by atoms with Crippen LogP contribution in [-0.4, -0.2) is 12.3 Å². The van der Waals surface area contributed by atoms with Gasteiger partial charge < -0.3 is 10.6 Å². The Kier molecular flexibility index (Phi) is 4.15. The molecular formula is C14H11ClN2O2. The smallest absolute Gasteiger partial charge is 0.308 e. The number of carbonyl (C=O) groups is 2. The van der Waals surface area contributed by atoms with Gasteiger partial charge in [-0.25, -0.2) is 4.79 Å². The number of urea groups is 1. The molecule has 0 radical (unpaired) electrons. The second kappa shape index (κ2) is 6.02. The first-order valence-corrected chi connectivity index (χ1v) is 5.94. The van der Waals surface area contributed by atoms with Gasteiger partial charge in [-0.2, -0.15) is 0 Å². The fraction of sp³-hybridized carbons (Fsp3) is 0. The van der Waals surface area contributed by atoms with Crippen molar-refractivity contribution >= 4 is 35.3 Å². The lowest BCUT2D eigenvalue weighted by Crippen LogP contribution is -2.19.